The van der Waals surface area contributed by atoms with Gasteiger partial charge >= 0.3 is 0 Å². The number of ether oxygens (including phenoxy) is 1. The van der Waals surface area contributed by atoms with Crippen LogP contribution in [-0.4, -0.2) is 18.0 Å². The Morgan fingerprint density at radius 1 is 1.18 bits per heavy atom. The molecule has 1 aromatic heterocycles. The number of H-pyrrole nitrogens is 1. The average molecular weight is 294 g/mol. The van der Waals surface area contributed by atoms with Crippen LogP contribution in [0.2, 0.25) is 0 Å². The van der Waals surface area contributed by atoms with Crippen LogP contribution in [0.3, 0.4) is 0 Å². The van der Waals surface area contributed by atoms with Gasteiger partial charge in [-0.15, -0.1) is 0 Å². The number of aryl methyl sites for hydroxylation is 1. The molecule has 112 valence electrons. The van der Waals surface area contributed by atoms with Crippen LogP contribution in [0.1, 0.15) is 11.3 Å². The summed E-state index contributed by atoms with van der Waals surface area (Å²) in [4.78, 5) is 15.5. The minimum atomic E-state index is -0.0310. The molecule has 0 aliphatic heterocycles. The van der Waals surface area contributed by atoms with E-state index >= 15 is 0 Å². The van der Waals surface area contributed by atoms with E-state index in [0.29, 0.717) is 6.42 Å². The largest absolute Gasteiger partial charge is 0.497 e. The Morgan fingerprint density at radius 3 is 2.68 bits per heavy atom. The highest BCUT2D eigenvalue weighted by Crippen LogP contribution is 2.24. The average Bonchev–Trinajstić information content (AvgIpc) is 2.89. The van der Waals surface area contributed by atoms with Crippen LogP contribution in [0.25, 0.3) is 10.9 Å². The number of amides is 1. The van der Waals surface area contributed by atoms with E-state index in [1.807, 2.05) is 55.5 Å². The van der Waals surface area contributed by atoms with Gasteiger partial charge in [-0.3, -0.25) is 4.79 Å². The number of fused-ring (bicyclic) bond motifs is 1. The first kappa shape index (κ1) is 14.2. The SMILES string of the molecule is COc1ccc(CC(=O)Nc2cccc3[nH]c(C)cc23)cc1. The number of carbonyl (C=O) groups excluding carboxylic acids is 1. The number of methoxy groups -OCH3 is 1. The molecule has 4 heteroatoms. The summed E-state index contributed by atoms with van der Waals surface area (Å²) in [6, 6.07) is 15.4. The third-order valence-electron chi connectivity index (χ3n) is 3.60. The number of hydrogen-bond donors (Lipinski definition) is 2. The zero-order valence-corrected chi connectivity index (χ0v) is 12.6. The first-order chi connectivity index (χ1) is 10.7. The van der Waals surface area contributed by atoms with Crippen molar-refractivity contribution in [2.45, 2.75) is 13.3 Å². The van der Waals surface area contributed by atoms with Crippen molar-refractivity contribution >= 4 is 22.5 Å². The third kappa shape index (κ3) is 2.96. The van der Waals surface area contributed by atoms with E-state index in [0.717, 1.165) is 33.6 Å². The van der Waals surface area contributed by atoms with Gasteiger partial charge in [-0.2, -0.15) is 0 Å². The lowest BCUT2D eigenvalue weighted by molar-refractivity contribution is -0.115. The number of rotatable bonds is 4. The fourth-order valence-corrected chi connectivity index (χ4v) is 2.53. The quantitative estimate of drug-likeness (QED) is 0.771. The van der Waals surface area contributed by atoms with E-state index in [2.05, 4.69) is 10.3 Å². The highest BCUT2D eigenvalue weighted by atomic mass is 16.5. The molecule has 0 aliphatic carbocycles. The van der Waals surface area contributed by atoms with Crippen molar-refractivity contribution < 1.29 is 9.53 Å². The maximum atomic E-state index is 12.2. The molecule has 0 spiro atoms. The molecule has 0 unspecified atom stereocenters. The van der Waals surface area contributed by atoms with Gasteiger partial charge in [0.05, 0.1) is 19.2 Å². The van der Waals surface area contributed by atoms with Gasteiger partial charge in [0.25, 0.3) is 0 Å². The van der Waals surface area contributed by atoms with Crippen molar-refractivity contribution in [1.29, 1.82) is 0 Å². The highest BCUT2D eigenvalue weighted by Gasteiger charge is 2.08. The van der Waals surface area contributed by atoms with Gasteiger partial charge in [0.2, 0.25) is 5.91 Å². The summed E-state index contributed by atoms with van der Waals surface area (Å²) < 4.78 is 5.12. The van der Waals surface area contributed by atoms with Crippen LogP contribution < -0.4 is 10.1 Å². The van der Waals surface area contributed by atoms with Crippen LogP contribution in [-0.2, 0) is 11.2 Å². The molecule has 0 atom stereocenters. The Balaban J connectivity index is 1.75. The molecule has 22 heavy (non-hydrogen) atoms. The summed E-state index contributed by atoms with van der Waals surface area (Å²) in [5, 5.41) is 4.02. The van der Waals surface area contributed by atoms with Gasteiger partial charge in [0.15, 0.2) is 0 Å². The molecule has 0 fully saturated rings. The molecule has 0 saturated carbocycles. The van der Waals surface area contributed by atoms with E-state index in [4.69, 9.17) is 4.74 Å². The van der Waals surface area contributed by atoms with Gasteiger partial charge in [0.1, 0.15) is 5.75 Å². The van der Waals surface area contributed by atoms with Crippen LogP contribution in [0, 0.1) is 6.92 Å². The lowest BCUT2D eigenvalue weighted by Crippen LogP contribution is -2.14. The zero-order chi connectivity index (χ0) is 15.5. The highest BCUT2D eigenvalue weighted by molar-refractivity contribution is 6.02. The van der Waals surface area contributed by atoms with Gasteiger partial charge in [-0.05, 0) is 42.8 Å². The van der Waals surface area contributed by atoms with Crippen LogP contribution in [0.4, 0.5) is 5.69 Å². The monoisotopic (exact) mass is 294 g/mol. The standard InChI is InChI=1S/C18H18N2O2/c1-12-10-15-16(19-12)4-3-5-17(15)20-18(21)11-13-6-8-14(22-2)9-7-13/h3-10,19H,11H2,1-2H3,(H,20,21). The molecule has 3 aromatic rings. The third-order valence-corrected chi connectivity index (χ3v) is 3.60. The minimum absolute atomic E-state index is 0.0310. The smallest absolute Gasteiger partial charge is 0.228 e. The van der Waals surface area contributed by atoms with Crippen molar-refractivity contribution in [2.75, 3.05) is 12.4 Å². The Morgan fingerprint density at radius 2 is 1.95 bits per heavy atom. The van der Waals surface area contributed by atoms with Crippen molar-refractivity contribution in [3.8, 4) is 5.75 Å². The van der Waals surface area contributed by atoms with Crippen LogP contribution in [0.5, 0.6) is 5.75 Å². The lowest BCUT2D eigenvalue weighted by Gasteiger charge is -2.07. The summed E-state index contributed by atoms with van der Waals surface area (Å²) >= 11 is 0. The number of carbonyl (C=O) groups is 1. The van der Waals surface area contributed by atoms with Gasteiger partial charge in [-0.1, -0.05) is 18.2 Å². The second kappa shape index (κ2) is 5.93. The number of nitrogens with one attached hydrogen (secondary N) is 2. The fourth-order valence-electron chi connectivity index (χ4n) is 2.53. The molecular weight excluding hydrogens is 276 g/mol. The fraction of sp³-hybridized carbons (Fsp3) is 0.167. The minimum Gasteiger partial charge on any atom is -0.497 e. The maximum absolute atomic E-state index is 12.2. The first-order valence-corrected chi connectivity index (χ1v) is 7.17. The molecule has 1 heterocycles. The number of aromatic amines is 1. The summed E-state index contributed by atoms with van der Waals surface area (Å²) in [6.07, 6.45) is 0.337. The van der Waals surface area contributed by atoms with Crippen molar-refractivity contribution in [3.63, 3.8) is 0 Å². The van der Waals surface area contributed by atoms with E-state index in [1.165, 1.54) is 0 Å². The summed E-state index contributed by atoms with van der Waals surface area (Å²) in [5.41, 5.74) is 3.89. The molecule has 3 rings (SSSR count). The summed E-state index contributed by atoms with van der Waals surface area (Å²) in [5.74, 6) is 0.758. The molecule has 0 saturated heterocycles. The van der Waals surface area contributed by atoms with E-state index in [1.54, 1.807) is 7.11 Å². The first-order valence-electron chi connectivity index (χ1n) is 7.17. The number of aromatic nitrogens is 1. The normalized spacial score (nSPS) is 10.6. The van der Waals surface area contributed by atoms with E-state index in [9.17, 15) is 4.79 Å². The molecular formula is C18H18N2O2. The number of anilines is 1. The van der Waals surface area contributed by atoms with Crippen molar-refractivity contribution in [2.24, 2.45) is 0 Å². The Kier molecular flexibility index (Phi) is 3.83. The molecule has 2 aromatic carbocycles. The molecule has 4 nitrogen and oxygen atoms in total. The maximum Gasteiger partial charge on any atom is 0.228 e. The summed E-state index contributed by atoms with van der Waals surface area (Å²) in [6.45, 7) is 2.00. The second-order valence-corrected chi connectivity index (χ2v) is 5.29. The molecule has 1 amide bonds. The summed E-state index contributed by atoms with van der Waals surface area (Å²) in [7, 11) is 1.63. The molecule has 0 aliphatic rings. The van der Waals surface area contributed by atoms with E-state index in [-0.39, 0.29) is 5.91 Å². The molecule has 0 radical (unpaired) electrons. The van der Waals surface area contributed by atoms with E-state index < -0.39 is 0 Å². The second-order valence-electron chi connectivity index (χ2n) is 5.29. The van der Waals surface area contributed by atoms with Gasteiger partial charge < -0.3 is 15.0 Å². The Hall–Kier alpha value is -2.75. The molecule has 2 N–H and O–H groups in total. The predicted molar refractivity (Wildman–Crippen MR) is 88.4 cm³/mol. The van der Waals surface area contributed by atoms with Crippen molar-refractivity contribution in [1.82, 2.24) is 4.98 Å². The van der Waals surface area contributed by atoms with Crippen LogP contribution >= 0.6 is 0 Å². The van der Waals surface area contributed by atoms with Crippen LogP contribution in [0.15, 0.2) is 48.5 Å². The predicted octanol–water partition coefficient (Wildman–Crippen LogP) is 3.67. The lowest BCUT2D eigenvalue weighted by atomic mass is 10.1. The van der Waals surface area contributed by atoms with Gasteiger partial charge in [0, 0.05) is 16.6 Å². The number of benzene rings is 2. The number of hydrogen-bond acceptors (Lipinski definition) is 2. The topological polar surface area (TPSA) is 54.1 Å². The zero-order valence-electron chi connectivity index (χ0n) is 12.6. The Labute approximate surface area is 129 Å². The Bertz CT molecular complexity index is 804. The van der Waals surface area contributed by atoms with Crippen molar-refractivity contribution in [3.05, 3.63) is 59.8 Å². The van der Waals surface area contributed by atoms with Gasteiger partial charge in [-0.25, -0.2) is 0 Å². The molecule has 0 bridgehead atoms.